The lowest BCUT2D eigenvalue weighted by molar-refractivity contribution is 0.249. The average Bonchev–Trinajstić information content (AvgIpc) is 2.20. The Morgan fingerprint density at radius 2 is 2.00 bits per heavy atom. The summed E-state index contributed by atoms with van der Waals surface area (Å²) in [4.78, 5) is 6.29. The molecule has 1 saturated carbocycles. The first-order valence-corrected chi connectivity index (χ1v) is 5.28. The van der Waals surface area contributed by atoms with Crippen molar-refractivity contribution in [2.24, 2.45) is 10.7 Å². The van der Waals surface area contributed by atoms with Crippen LogP contribution < -0.4 is 5.73 Å². The van der Waals surface area contributed by atoms with Crippen LogP contribution in [0.15, 0.2) is 4.99 Å². The van der Waals surface area contributed by atoms with Crippen molar-refractivity contribution in [1.29, 1.82) is 0 Å². The van der Waals surface area contributed by atoms with Crippen LogP contribution in [0.3, 0.4) is 0 Å². The van der Waals surface area contributed by atoms with E-state index in [1.54, 1.807) is 7.05 Å². The first-order valence-electron chi connectivity index (χ1n) is 5.28. The maximum atomic E-state index is 5.83. The Kier molecular flexibility index (Phi) is 4.06. The van der Waals surface area contributed by atoms with Crippen LogP contribution in [0.25, 0.3) is 0 Å². The summed E-state index contributed by atoms with van der Waals surface area (Å²) in [6.07, 6.45) is 6.64. The number of hydrogen-bond acceptors (Lipinski definition) is 1. The molecule has 3 heteroatoms. The quantitative estimate of drug-likeness (QED) is 0.521. The highest BCUT2D eigenvalue weighted by molar-refractivity contribution is 5.78. The second-order valence-electron chi connectivity index (χ2n) is 3.66. The summed E-state index contributed by atoms with van der Waals surface area (Å²) in [5.74, 6) is 0.703. The second kappa shape index (κ2) is 5.10. The van der Waals surface area contributed by atoms with E-state index >= 15 is 0 Å². The Labute approximate surface area is 81.0 Å². The number of aliphatic imine (C=N–C) groups is 1. The van der Waals surface area contributed by atoms with Gasteiger partial charge in [0.05, 0.1) is 0 Å². The SMILES string of the molecule is CCN(C(N)=NC)C1CCCCC1. The Bertz CT molecular complexity index is 171. The molecule has 0 aliphatic heterocycles. The van der Waals surface area contributed by atoms with Crippen molar-refractivity contribution in [3.05, 3.63) is 0 Å². The van der Waals surface area contributed by atoms with Gasteiger partial charge in [-0.1, -0.05) is 19.3 Å². The highest BCUT2D eigenvalue weighted by atomic mass is 15.3. The predicted octanol–water partition coefficient (Wildman–Crippen LogP) is 1.59. The molecule has 0 radical (unpaired) electrons. The van der Waals surface area contributed by atoms with E-state index < -0.39 is 0 Å². The molecule has 0 aromatic heterocycles. The van der Waals surface area contributed by atoms with E-state index in [1.165, 1.54) is 32.1 Å². The Hall–Kier alpha value is -0.730. The number of nitrogens with zero attached hydrogens (tertiary/aromatic N) is 2. The molecule has 0 atom stereocenters. The summed E-state index contributed by atoms with van der Waals surface area (Å²) in [7, 11) is 1.76. The molecule has 13 heavy (non-hydrogen) atoms. The molecule has 2 N–H and O–H groups in total. The molecule has 1 fully saturated rings. The fourth-order valence-corrected chi connectivity index (χ4v) is 2.13. The van der Waals surface area contributed by atoms with Crippen molar-refractivity contribution < 1.29 is 0 Å². The molecule has 1 aliphatic carbocycles. The molecule has 1 rings (SSSR count). The summed E-state index contributed by atoms with van der Waals surface area (Å²) in [5.41, 5.74) is 5.83. The summed E-state index contributed by atoms with van der Waals surface area (Å²) >= 11 is 0. The van der Waals surface area contributed by atoms with Crippen LogP contribution in [0.2, 0.25) is 0 Å². The summed E-state index contributed by atoms with van der Waals surface area (Å²) in [5, 5.41) is 0. The minimum atomic E-state index is 0.641. The van der Waals surface area contributed by atoms with E-state index in [0.717, 1.165) is 6.54 Å². The average molecular weight is 183 g/mol. The van der Waals surface area contributed by atoms with Crippen molar-refractivity contribution in [3.8, 4) is 0 Å². The van der Waals surface area contributed by atoms with Crippen LogP contribution in [0.5, 0.6) is 0 Å². The monoisotopic (exact) mass is 183 g/mol. The fraction of sp³-hybridized carbons (Fsp3) is 0.900. The third kappa shape index (κ3) is 2.61. The van der Waals surface area contributed by atoms with Crippen LogP contribution in [0.1, 0.15) is 39.0 Å². The number of rotatable bonds is 2. The van der Waals surface area contributed by atoms with Gasteiger partial charge in [0.1, 0.15) is 0 Å². The summed E-state index contributed by atoms with van der Waals surface area (Å²) < 4.78 is 0. The van der Waals surface area contributed by atoms with Gasteiger partial charge in [-0.3, -0.25) is 4.99 Å². The zero-order chi connectivity index (χ0) is 9.68. The van der Waals surface area contributed by atoms with Gasteiger partial charge in [0.25, 0.3) is 0 Å². The van der Waals surface area contributed by atoms with E-state index in [9.17, 15) is 0 Å². The Morgan fingerprint density at radius 1 is 1.38 bits per heavy atom. The van der Waals surface area contributed by atoms with Crippen molar-refractivity contribution in [2.75, 3.05) is 13.6 Å². The van der Waals surface area contributed by atoms with Crippen molar-refractivity contribution in [3.63, 3.8) is 0 Å². The molecule has 0 unspecified atom stereocenters. The molecular formula is C10H21N3. The summed E-state index contributed by atoms with van der Waals surface area (Å²) in [6.45, 7) is 3.13. The van der Waals surface area contributed by atoms with E-state index in [1.807, 2.05) is 0 Å². The molecule has 0 amide bonds. The van der Waals surface area contributed by atoms with Crippen LogP contribution in [-0.4, -0.2) is 30.5 Å². The minimum absolute atomic E-state index is 0.641. The molecule has 3 nitrogen and oxygen atoms in total. The molecular weight excluding hydrogens is 162 g/mol. The fourth-order valence-electron chi connectivity index (χ4n) is 2.13. The minimum Gasteiger partial charge on any atom is -0.370 e. The zero-order valence-corrected chi connectivity index (χ0v) is 8.79. The molecule has 0 heterocycles. The van der Waals surface area contributed by atoms with Crippen molar-refractivity contribution >= 4 is 5.96 Å². The van der Waals surface area contributed by atoms with E-state index in [4.69, 9.17) is 5.73 Å². The zero-order valence-electron chi connectivity index (χ0n) is 8.79. The van der Waals surface area contributed by atoms with E-state index in [0.29, 0.717) is 12.0 Å². The number of hydrogen-bond donors (Lipinski definition) is 1. The topological polar surface area (TPSA) is 41.6 Å². The van der Waals surface area contributed by atoms with Gasteiger partial charge in [-0.25, -0.2) is 0 Å². The smallest absolute Gasteiger partial charge is 0.191 e. The van der Waals surface area contributed by atoms with Crippen molar-refractivity contribution in [1.82, 2.24) is 4.90 Å². The summed E-state index contributed by atoms with van der Waals surface area (Å²) in [6, 6.07) is 0.641. The third-order valence-electron chi connectivity index (χ3n) is 2.88. The lowest BCUT2D eigenvalue weighted by Gasteiger charge is -2.34. The number of guanidine groups is 1. The first-order chi connectivity index (χ1) is 6.29. The standard InChI is InChI=1S/C10H21N3/c1-3-13(10(11)12-2)9-7-5-4-6-8-9/h9H,3-8H2,1-2H3,(H2,11,12). The van der Waals surface area contributed by atoms with Gasteiger partial charge in [-0.2, -0.15) is 0 Å². The number of nitrogens with two attached hydrogens (primary N) is 1. The van der Waals surface area contributed by atoms with E-state index in [-0.39, 0.29) is 0 Å². The van der Waals surface area contributed by atoms with Gasteiger partial charge < -0.3 is 10.6 Å². The molecule has 0 bridgehead atoms. The predicted molar refractivity (Wildman–Crippen MR) is 56.8 cm³/mol. The largest absolute Gasteiger partial charge is 0.370 e. The van der Waals surface area contributed by atoms with Gasteiger partial charge >= 0.3 is 0 Å². The van der Waals surface area contributed by atoms with Gasteiger partial charge in [-0.05, 0) is 19.8 Å². The van der Waals surface area contributed by atoms with Gasteiger partial charge in [0, 0.05) is 19.6 Å². The van der Waals surface area contributed by atoms with E-state index in [2.05, 4.69) is 16.8 Å². The molecule has 0 aromatic carbocycles. The molecule has 0 saturated heterocycles. The lowest BCUT2D eigenvalue weighted by atomic mass is 9.94. The van der Waals surface area contributed by atoms with Gasteiger partial charge in [0.15, 0.2) is 5.96 Å². The highest BCUT2D eigenvalue weighted by Gasteiger charge is 2.20. The molecule has 1 aliphatic rings. The van der Waals surface area contributed by atoms with Crippen LogP contribution in [0, 0.1) is 0 Å². The maximum Gasteiger partial charge on any atom is 0.191 e. The van der Waals surface area contributed by atoms with Crippen LogP contribution in [0.4, 0.5) is 0 Å². The van der Waals surface area contributed by atoms with Crippen LogP contribution in [-0.2, 0) is 0 Å². The Morgan fingerprint density at radius 3 is 2.46 bits per heavy atom. The molecule has 0 spiro atoms. The highest BCUT2D eigenvalue weighted by Crippen LogP contribution is 2.22. The third-order valence-corrected chi connectivity index (χ3v) is 2.88. The maximum absolute atomic E-state index is 5.83. The first kappa shape index (κ1) is 10.4. The lowest BCUT2D eigenvalue weighted by Crippen LogP contribution is -2.45. The second-order valence-corrected chi connectivity index (χ2v) is 3.66. The van der Waals surface area contributed by atoms with Gasteiger partial charge in [-0.15, -0.1) is 0 Å². The Balaban J connectivity index is 2.53. The van der Waals surface area contributed by atoms with Crippen molar-refractivity contribution in [2.45, 2.75) is 45.1 Å². The van der Waals surface area contributed by atoms with Crippen LogP contribution >= 0.6 is 0 Å². The molecule has 0 aromatic rings. The van der Waals surface area contributed by atoms with Gasteiger partial charge in [0.2, 0.25) is 0 Å². The molecule has 76 valence electrons. The normalized spacial score (nSPS) is 20.3.